The molecule has 124 valence electrons. The molecule has 5 atom stereocenters. The second-order valence-corrected chi connectivity index (χ2v) is 7.10. The fraction of sp³-hybridized carbons (Fsp3) is 0.611. The maximum atomic E-state index is 13.1. The molecule has 4 nitrogen and oxygen atoms in total. The van der Waals surface area contributed by atoms with Crippen LogP contribution in [0.2, 0.25) is 0 Å². The van der Waals surface area contributed by atoms with Gasteiger partial charge in [0, 0.05) is 24.9 Å². The van der Waals surface area contributed by atoms with Crippen LogP contribution in [-0.4, -0.2) is 41.3 Å². The molecule has 1 aromatic carbocycles. The number of Topliss-reactive ketones (excluding diaryl/α,β-unsaturated/α-hetero) is 1. The first kappa shape index (κ1) is 15.2. The molecular formula is C18H22FNO3. The molecule has 0 aliphatic carbocycles. The number of hydrogen-bond donors (Lipinski definition) is 0. The molecule has 0 aromatic heterocycles. The Labute approximate surface area is 135 Å². The van der Waals surface area contributed by atoms with Crippen molar-refractivity contribution >= 4 is 5.78 Å². The average molecular weight is 319 g/mol. The number of fused-ring (bicyclic) bond motifs is 1. The molecule has 1 aromatic rings. The van der Waals surface area contributed by atoms with Crippen LogP contribution in [0.5, 0.6) is 0 Å². The van der Waals surface area contributed by atoms with Crippen molar-refractivity contribution in [3.05, 3.63) is 35.6 Å². The van der Waals surface area contributed by atoms with Gasteiger partial charge in [0.15, 0.2) is 12.1 Å². The second kappa shape index (κ2) is 5.65. The van der Waals surface area contributed by atoms with Gasteiger partial charge in [0.2, 0.25) is 0 Å². The first-order valence-electron chi connectivity index (χ1n) is 8.37. The van der Waals surface area contributed by atoms with Crippen molar-refractivity contribution in [1.82, 2.24) is 4.90 Å². The third-order valence-corrected chi connectivity index (χ3v) is 5.22. The van der Waals surface area contributed by atoms with Crippen molar-refractivity contribution in [3.63, 3.8) is 0 Å². The largest absolute Gasteiger partial charge is 0.350 e. The third-order valence-electron chi connectivity index (χ3n) is 5.22. The van der Waals surface area contributed by atoms with E-state index in [1.807, 2.05) is 13.8 Å². The first-order valence-corrected chi connectivity index (χ1v) is 8.37. The lowest BCUT2D eigenvalue weighted by Crippen LogP contribution is -2.51. The van der Waals surface area contributed by atoms with E-state index >= 15 is 0 Å². The number of halogens is 1. The Kier molecular flexibility index (Phi) is 3.75. The highest BCUT2D eigenvalue weighted by atomic mass is 19.1. The van der Waals surface area contributed by atoms with Crippen molar-refractivity contribution in [2.24, 2.45) is 5.92 Å². The summed E-state index contributed by atoms with van der Waals surface area (Å²) in [6.07, 6.45) is 1.12. The number of piperidine rings is 1. The van der Waals surface area contributed by atoms with Crippen LogP contribution < -0.4 is 0 Å². The molecule has 0 spiro atoms. The van der Waals surface area contributed by atoms with Crippen LogP contribution in [0, 0.1) is 11.7 Å². The van der Waals surface area contributed by atoms with E-state index in [1.54, 1.807) is 12.1 Å². The molecular weight excluding hydrogens is 297 g/mol. The van der Waals surface area contributed by atoms with Gasteiger partial charge in [-0.1, -0.05) is 12.1 Å². The normalized spacial score (nSPS) is 36.2. The summed E-state index contributed by atoms with van der Waals surface area (Å²) in [6, 6.07) is 6.70. The minimum Gasteiger partial charge on any atom is -0.350 e. The number of rotatable bonds is 4. The predicted octanol–water partition coefficient (Wildman–Crippen LogP) is 2.51. The van der Waals surface area contributed by atoms with E-state index in [-0.39, 0.29) is 48.1 Å². The van der Waals surface area contributed by atoms with Crippen molar-refractivity contribution in [1.29, 1.82) is 0 Å². The fourth-order valence-electron chi connectivity index (χ4n) is 4.34. The molecule has 0 saturated carbocycles. The number of carbonyl (C=O) groups excluding carboxylic acids is 1. The van der Waals surface area contributed by atoms with Crippen LogP contribution in [-0.2, 0) is 20.8 Å². The standard InChI is InChI=1S/C18H22FNO3/c1-10(2)22-18-13-7-14-15(21)8-16(23-18)17(13)20(14)9-11-3-5-12(19)6-4-11/h3-6,10,13-14,16-18H,7-9H2,1-2H3/t13-,14-,16+,17+,18-/m1/s1. The van der Waals surface area contributed by atoms with Crippen LogP contribution in [0.1, 0.15) is 32.3 Å². The van der Waals surface area contributed by atoms with E-state index in [1.165, 1.54) is 12.1 Å². The highest BCUT2D eigenvalue weighted by Crippen LogP contribution is 2.48. The van der Waals surface area contributed by atoms with Gasteiger partial charge >= 0.3 is 0 Å². The summed E-state index contributed by atoms with van der Waals surface area (Å²) in [5, 5.41) is 0. The maximum absolute atomic E-state index is 13.1. The number of ketones is 1. The van der Waals surface area contributed by atoms with Crippen LogP contribution in [0.15, 0.2) is 24.3 Å². The van der Waals surface area contributed by atoms with Crippen LogP contribution >= 0.6 is 0 Å². The Hall–Kier alpha value is -1.30. The Morgan fingerprint density at radius 1 is 1.35 bits per heavy atom. The summed E-state index contributed by atoms with van der Waals surface area (Å²) in [5.74, 6) is 0.276. The van der Waals surface area contributed by atoms with Gasteiger partial charge in [-0.15, -0.1) is 0 Å². The van der Waals surface area contributed by atoms with E-state index in [0.717, 1.165) is 12.0 Å². The second-order valence-electron chi connectivity index (χ2n) is 7.10. The van der Waals surface area contributed by atoms with Gasteiger partial charge in [0.05, 0.1) is 18.2 Å². The van der Waals surface area contributed by atoms with Gasteiger partial charge in [0.1, 0.15) is 5.82 Å². The fourth-order valence-corrected chi connectivity index (χ4v) is 4.34. The van der Waals surface area contributed by atoms with E-state index in [9.17, 15) is 9.18 Å². The van der Waals surface area contributed by atoms with Crippen LogP contribution in [0.25, 0.3) is 0 Å². The Morgan fingerprint density at radius 3 is 2.78 bits per heavy atom. The molecule has 2 bridgehead atoms. The van der Waals surface area contributed by atoms with Gasteiger partial charge in [-0.3, -0.25) is 9.69 Å². The smallest absolute Gasteiger partial charge is 0.162 e. The van der Waals surface area contributed by atoms with E-state index in [2.05, 4.69) is 4.90 Å². The molecule has 0 N–H and O–H groups in total. The summed E-state index contributed by atoms with van der Waals surface area (Å²) >= 11 is 0. The number of ether oxygens (including phenoxy) is 2. The molecule has 0 amide bonds. The lowest BCUT2D eigenvalue weighted by Gasteiger charge is -2.36. The molecule has 3 heterocycles. The molecule has 3 aliphatic heterocycles. The molecule has 23 heavy (non-hydrogen) atoms. The summed E-state index contributed by atoms with van der Waals surface area (Å²) < 4.78 is 25.1. The summed E-state index contributed by atoms with van der Waals surface area (Å²) in [5.41, 5.74) is 1.03. The monoisotopic (exact) mass is 319 g/mol. The van der Waals surface area contributed by atoms with Gasteiger partial charge in [-0.05, 0) is 38.0 Å². The van der Waals surface area contributed by atoms with Crippen molar-refractivity contribution < 1.29 is 18.7 Å². The Balaban J connectivity index is 1.57. The topological polar surface area (TPSA) is 38.8 Å². The molecule has 3 fully saturated rings. The number of hydrogen-bond acceptors (Lipinski definition) is 4. The van der Waals surface area contributed by atoms with Crippen LogP contribution in [0.3, 0.4) is 0 Å². The molecule has 0 radical (unpaired) electrons. The van der Waals surface area contributed by atoms with E-state index in [4.69, 9.17) is 9.47 Å². The molecule has 3 saturated heterocycles. The number of carbonyl (C=O) groups is 1. The molecule has 0 unspecified atom stereocenters. The highest BCUT2D eigenvalue weighted by Gasteiger charge is 2.60. The van der Waals surface area contributed by atoms with Crippen molar-refractivity contribution in [3.8, 4) is 0 Å². The zero-order valence-electron chi connectivity index (χ0n) is 13.4. The minimum atomic E-state index is -0.236. The van der Waals surface area contributed by atoms with Gasteiger partial charge in [-0.2, -0.15) is 0 Å². The Morgan fingerprint density at radius 2 is 2.09 bits per heavy atom. The van der Waals surface area contributed by atoms with E-state index in [0.29, 0.717) is 13.0 Å². The summed E-state index contributed by atoms with van der Waals surface area (Å²) in [4.78, 5) is 14.7. The van der Waals surface area contributed by atoms with Gasteiger partial charge in [0.25, 0.3) is 0 Å². The van der Waals surface area contributed by atoms with E-state index < -0.39 is 0 Å². The zero-order valence-corrected chi connectivity index (χ0v) is 13.4. The van der Waals surface area contributed by atoms with Crippen LogP contribution in [0.4, 0.5) is 4.39 Å². The maximum Gasteiger partial charge on any atom is 0.162 e. The zero-order chi connectivity index (χ0) is 16.1. The van der Waals surface area contributed by atoms with Crippen molar-refractivity contribution in [2.45, 2.75) is 63.8 Å². The Bertz CT molecular complexity index is 603. The number of benzene rings is 1. The predicted molar refractivity (Wildman–Crippen MR) is 82.1 cm³/mol. The highest BCUT2D eigenvalue weighted by molar-refractivity contribution is 5.86. The van der Waals surface area contributed by atoms with Crippen molar-refractivity contribution in [2.75, 3.05) is 0 Å². The molecule has 4 rings (SSSR count). The number of nitrogens with zero attached hydrogens (tertiary/aromatic N) is 1. The molecule has 5 heteroatoms. The first-order chi connectivity index (χ1) is 11.0. The summed E-state index contributed by atoms with van der Waals surface area (Å²) in [7, 11) is 0. The van der Waals surface area contributed by atoms with Gasteiger partial charge < -0.3 is 9.47 Å². The molecule has 3 aliphatic rings. The average Bonchev–Trinajstić information content (AvgIpc) is 2.96. The lowest BCUT2D eigenvalue weighted by atomic mass is 9.96. The SMILES string of the molecule is CC(C)O[C@@H]1O[C@H]2CC(=O)[C@H]3C[C@@H]1[C@@H]2N3Cc1ccc(F)cc1. The third kappa shape index (κ3) is 2.61. The minimum absolute atomic E-state index is 0.0477. The van der Waals surface area contributed by atoms with Gasteiger partial charge in [-0.25, -0.2) is 4.39 Å². The quantitative estimate of drug-likeness (QED) is 0.855. The lowest BCUT2D eigenvalue weighted by molar-refractivity contribution is -0.180. The summed E-state index contributed by atoms with van der Waals surface area (Å²) in [6.45, 7) is 4.67.